The van der Waals surface area contributed by atoms with Gasteiger partial charge in [0.05, 0.1) is 5.69 Å². The van der Waals surface area contributed by atoms with Crippen molar-refractivity contribution in [3.63, 3.8) is 0 Å². The van der Waals surface area contributed by atoms with Gasteiger partial charge in [-0.25, -0.2) is 4.39 Å². The van der Waals surface area contributed by atoms with E-state index in [4.69, 9.17) is 11.0 Å². The molecule has 4 nitrogen and oxygen atoms in total. The topological polar surface area (TPSA) is 71.8 Å². The number of nitrogens with two attached hydrogens (primary N) is 1. The van der Waals surface area contributed by atoms with Gasteiger partial charge in [-0.1, -0.05) is 6.92 Å². The first-order chi connectivity index (χ1) is 10.1. The zero-order valence-electron chi connectivity index (χ0n) is 11.7. The third-order valence-corrected chi connectivity index (χ3v) is 3.38. The number of nitriles is 1. The predicted molar refractivity (Wildman–Crippen MR) is 79.1 cm³/mol. The SMILES string of the molecule is CCC(N)Cn1c(-c2ccc(F)cc2)ccc(C#N)c1=O. The fraction of sp³-hybridized carbons (Fsp3) is 0.250. The van der Waals surface area contributed by atoms with E-state index in [-0.39, 0.29) is 23.0 Å². The minimum Gasteiger partial charge on any atom is -0.326 e. The maximum absolute atomic E-state index is 13.0. The van der Waals surface area contributed by atoms with E-state index in [2.05, 4.69) is 0 Å². The Labute approximate surface area is 122 Å². The van der Waals surface area contributed by atoms with Crippen LogP contribution in [0.4, 0.5) is 4.39 Å². The van der Waals surface area contributed by atoms with Gasteiger partial charge in [-0.3, -0.25) is 4.79 Å². The molecule has 0 aliphatic heterocycles. The monoisotopic (exact) mass is 285 g/mol. The fourth-order valence-electron chi connectivity index (χ4n) is 2.08. The molecule has 1 atom stereocenters. The first-order valence-electron chi connectivity index (χ1n) is 6.72. The van der Waals surface area contributed by atoms with Gasteiger partial charge < -0.3 is 10.3 Å². The van der Waals surface area contributed by atoms with Crippen LogP contribution in [0.5, 0.6) is 0 Å². The maximum atomic E-state index is 13.0. The Morgan fingerprint density at radius 3 is 2.52 bits per heavy atom. The Hall–Kier alpha value is -2.45. The van der Waals surface area contributed by atoms with E-state index in [0.29, 0.717) is 24.2 Å². The molecule has 0 aliphatic rings. The molecule has 108 valence electrons. The van der Waals surface area contributed by atoms with Gasteiger partial charge in [-0.15, -0.1) is 0 Å². The van der Waals surface area contributed by atoms with Gasteiger partial charge in [0.25, 0.3) is 5.56 Å². The van der Waals surface area contributed by atoms with E-state index < -0.39 is 0 Å². The number of hydrogen-bond acceptors (Lipinski definition) is 3. The van der Waals surface area contributed by atoms with Crippen molar-refractivity contribution in [2.75, 3.05) is 0 Å². The molecule has 1 heterocycles. The van der Waals surface area contributed by atoms with E-state index in [1.165, 1.54) is 22.8 Å². The number of rotatable bonds is 4. The molecule has 5 heteroatoms. The summed E-state index contributed by atoms with van der Waals surface area (Å²) in [6.07, 6.45) is 0.714. The van der Waals surface area contributed by atoms with Gasteiger partial charge in [-0.05, 0) is 48.4 Å². The maximum Gasteiger partial charge on any atom is 0.268 e. The summed E-state index contributed by atoms with van der Waals surface area (Å²) in [6, 6.07) is 10.7. The minimum absolute atomic E-state index is 0.0733. The summed E-state index contributed by atoms with van der Waals surface area (Å²) in [4.78, 5) is 12.3. The van der Waals surface area contributed by atoms with Crippen molar-refractivity contribution >= 4 is 0 Å². The fourth-order valence-corrected chi connectivity index (χ4v) is 2.08. The van der Waals surface area contributed by atoms with Crippen molar-refractivity contribution in [3.05, 3.63) is 58.1 Å². The quantitative estimate of drug-likeness (QED) is 0.936. The lowest BCUT2D eigenvalue weighted by Crippen LogP contribution is -2.33. The van der Waals surface area contributed by atoms with Gasteiger partial charge in [0.2, 0.25) is 0 Å². The van der Waals surface area contributed by atoms with Crippen LogP contribution < -0.4 is 11.3 Å². The molecule has 21 heavy (non-hydrogen) atoms. The highest BCUT2D eigenvalue weighted by molar-refractivity contribution is 5.60. The van der Waals surface area contributed by atoms with Crippen LogP contribution in [0.2, 0.25) is 0 Å². The van der Waals surface area contributed by atoms with E-state index in [1.807, 2.05) is 13.0 Å². The van der Waals surface area contributed by atoms with Crippen molar-refractivity contribution in [1.82, 2.24) is 4.57 Å². The Bertz CT molecular complexity index is 729. The highest BCUT2D eigenvalue weighted by atomic mass is 19.1. The van der Waals surface area contributed by atoms with Crippen LogP contribution >= 0.6 is 0 Å². The van der Waals surface area contributed by atoms with Crippen LogP contribution in [0.15, 0.2) is 41.2 Å². The number of pyridine rings is 1. The minimum atomic E-state index is -0.372. The first kappa shape index (κ1) is 14.9. The lowest BCUT2D eigenvalue weighted by atomic mass is 10.1. The van der Waals surface area contributed by atoms with Crippen molar-refractivity contribution < 1.29 is 4.39 Å². The Morgan fingerprint density at radius 1 is 1.29 bits per heavy atom. The molecule has 2 N–H and O–H groups in total. The second-order valence-corrected chi connectivity index (χ2v) is 4.84. The molecule has 0 bridgehead atoms. The van der Waals surface area contributed by atoms with Crippen molar-refractivity contribution in [1.29, 1.82) is 5.26 Å². The number of halogens is 1. The molecule has 0 aliphatic carbocycles. The van der Waals surface area contributed by atoms with E-state index >= 15 is 0 Å². The van der Waals surface area contributed by atoms with Gasteiger partial charge in [-0.2, -0.15) is 5.26 Å². The molecule has 0 fully saturated rings. The van der Waals surface area contributed by atoms with E-state index in [0.717, 1.165) is 0 Å². The standard InChI is InChI=1S/C16H16FN3O/c1-2-14(19)10-20-15(8-5-12(9-18)16(20)21)11-3-6-13(17)7-4-11/h3-8,14H,2,10,19H2,1H3. The molecule has 1 aromatic carbocycles. The summed E-state index contributed by atoms with van der Waals surface area (Å²) < 4.78 is 14.5. The molecular formula is C16H16FN3O. The Kier molecular flexibility index (Phi) is 4.51. The highest BCUT2D eigenvalue weighted by Gasteiger charge is 2.12. The average molecular weight is 285 g/mol. The molecule has 0 radical (unpaired) electrons. The van der Waals surface area contributed by atoms with Crippen LogP contribution in [0.3, 0.4) is 0 Å². The molecule has 1 unspecified atom stereocenters. The average Bonchev–Trinajstić information content (AvgIpc) is 2.50. The summed E-state index contributed by atoms with van der Waals surface area (Å²) in [7, 11) is 0. The van der Waals surface area contributed by atoms with Crippen LogP contribution in [0.25, 0.3) is 11.3 Å². The molecule has 0 spiro atoms. The smallest absolute Gasteiger partial charge is 0.268 e. The van der Waals surface area contributed by atoms with E-state index in [1.54, 1.807) is 18.2 Å². The predicted octanol–water partition coefficient (Wildman–Crippen LogP) is 2.26. The molecule has 2 aromatic rings. The van der Waals surface area contributed by atoms with Crippen molar-refractivity contribution in [2.24, 2.45) is 5.73 Å². The zero-order valence-corrected chi connectivity index (χ0v) is 11.7. The molecule has 2 rings (SSSR count). The third kappa shape index (κ3) is 3.18. The largest absolute Gasteiger partial charge is 0.326 e. The van der Waals surface area contributed by atoms with Crippen LogP contribution in [-0.4, -0.2) is 10.6 Å². The number of nitrogens with zero attached hydrogens (tertiary/aromatic N) is 2. The zero-order chi connectivity index (χ0) is 15.4. The molecule has 0 amide bonds. The summed E-state index contributed by atoms with van der Waals surface area (Å²) in [5.41, 5.74) is 6.97. The van der Waals surface area contributed by atoms with Crippen LogP contribution in [0, 0.1) is 17.1 Å². The molecule has 1 aromatic heterocycles. The highest BCUT2D eigenvalue weighted by Crippen LogP contribution is 2.19. The summed E-state index contributed by atoms with van der Waals surface area (Å²) >= 11 is 0. The Balaban J connectivity index is 2.60. The molecular weight excluding hydrogens is 269 g/mol. The van der Waals surface area contributed by atoms with Gasteiger partial charge in [0.1, 0.15) is 17.4 Å². The molecule has 0 saturated carbocycles. The third-order valence-electron chi connectivity index (χ3n) is 3.38. The van der Waals surface area contributed by atoms with Crippen molar-refractivity contribution in [2.45, 2.75) is 25.9 Å². The van der Waals surface area contributed by atoms with Crippen LogP contribution in [0.1, 0.15) is 18.9 Å². The second kappa shape index (κ2) is 6.33. The summed E-state index contributed by atoms with van der Waals surface area (Å²) in [5, 5.41) is 8.99. The lowest BCUT2D eigenvalue weighted by Gasteiger charge is -2.17. The second-order valence-electron chi connectivity index (χ2n) is 4.84. The van der Waals surface area contributed by atoms with Gasteiger partial charge in [0.15, 0.2) is 0 Å². The normalized spacial score (nSPS) is 11.9. The molecule has 0 saturated heterocycles. The Morgan fingerprint density at radius 2 is 1.95 bits per heavy atom. The van der Waals surface area contributed by atoms with Gasteiger partial charge in [0, 0.05) is 12.6 Å². The summed E-state index contributed by atoms with van der Waals surface area (Å²) in [5.74, 6) is -0.341. The first-order valence-corrected chi connectivity index (χ1v) is 6.72. The summed E-state index contributed by atoms with van der Waals surface area (Å²) in [6.45, 7) is 2.25. The van der Waals surface area contributed by atoms with E-state index in [9.17, 15) is 9.18 Å². The number of aromatic nitrogens is 1. The van der Waals surface area contributed by atoms with Crippen LogP contribution in [-0.2, 0) is 6.54 Å². The van der Waals surface area contributed by atoms with Gasteiger partial charge >= 0.3 is 0 Å². The number of benzene rings is 1. The lowest BCUT2D eigenvalue weighted by molar-refractivity contribution is 0.530. The number of hydrogen-bond donors (Lipinski definition) is 1. The van der Waals surface area contributed by atoms with Crippen molar-refractivity contribution in [3.8, 4) is 17.3 Å².